The van der Waals surface area contributed by atoms with E-state index in [1.807, 2.05) is 37.3 Å². The molecule has 0 bridgehead atoms. The Bertz CT molecular complexity index is 754. The third-order valence-corrected chi connectivity index (χ3v) is 4.86. The molecule has 0 atom stereocenters. The fraction of sp³-hybridized carbons (Fsp3) is 0.176. The molecule has 0 unspecified atom stereocenters. The maximum Gasteiger partial charge on any atom is 0.243 e. The van der Waals surface area contributed by atoms with Crippen molar-refractivity contribution < 1.29 is 8.42 Å². The van der Waals surface area contributed by atoms with E-state index < -0.39 is 10.0 Å². The summed E-state index contributed by atoms with van der Waals surface area (Å²) in [6.45, 7) is 2.08. The van der Waals surface area contributed by atoms with Crippen molar-refractivity contribution in [1.29, 1.82) is 0 Å². The topological polar surface area (TPSA) is 37.4 Å². The highest BCUT2D eigenvalue weighted by molar-refractivity contribution is 7.89. The summed E-state index contributed by atoms with van der Waals surface area (Å²) in [5.74, 6) is 5.84. The molecular weight excluding hydrogens is 282 g/mol. The number of benzene rings is 2. The molecule has 0 heterocycles. The van der Waals surface area contributed by atoms with Crippen molar-refractivity contribution in [3.8, 4) is 11.8 Å². The average molecular weight is 299 g/mol. The van der Waals surface area contributed by atoms with Crippen LogP contribution in [0.4, 0.5) is 0 Å². The van der Waals surface area contributed by atoms with Gasteiger partial charge < -0.3 is 0 Å². The number of hydrogen-bond donors (Lipinski definition) is 0. The van der Waals surface area contributed by atoms with Crippen molar-refractivity contribution >= 4 is 10.0 Å². The van der Waals surface area contributed by atoms with E-state index in [4.69, 9.17) is 0 Å². The zero-order valence-corrected chi connectivity index (χ0v) is 12.9. The minimum absolute atomic E-state index is 0.158. The number of aryl methyl sites for hydroxylation is 1. The van der Waals surface area contributed by atoms with Gasteiger partial charge in [0.05, 0.1) is 11.4 Å². The molecule has 0 N–H and O–H groups in total. The molecule has 0 radical (unpaired) electrons. The van der Waals surface area contributed by atoms with Crippen LogP contribution in [0.25, 0.3) is 0 Å². The van der Waals surface area contributed by atoms with Crippen LogP contribution in [0.15, 0.2) is 59.5 Å². The van der Waals surface area contributed by atoms with Gasteiger partial charge in [0.15, 0.2) is 0 Å². The van der Waals surface area contributed by atoms with Gasteiger partial charge in [0.25, 0.3) is 0 Å². The van der Waals surface area contributed by atoms with Gasteiger partial charge in [-0.25, -0.2) is 8.42 Å². The lowest BCUT2D eigenvalue weighted by Crippen LogP contribution is -2.27. The second kappa shape index (κ2) is 6.57. The van der Waals surface area contributed by atoms with Crippen LogP contribution in [0, 0.1) is 18.8 Å². The maximum absolute atomic E-state index is 12.3. The first-order valence-electron chi connectivity index (χ1n) is 6.57. The number of sulfonamides is 1. The summed E-state index contributed by atoms with van der Waals surface area (Å²) in [5, 5.41) is 0. The Balaban J connectivity index is 2.11. The Kier molecular flexibility index (Phi) is 4.79. The normalized spacial score (nSPS) is 11.0. The molecule has 3 nitrogen and oxygen atoms in total. The quantitative estimate of drug-likeness (QED) is 0.817. The minimum Gasteiger partial charge on any atom is -0.207 e. The summed E-state index contributed by atoms with van der Waals surface area (Å²) >= 11 is 0. The fourth-order valence-electron chi connectivity index (χ4n) is 1.75. The first-order chi connectivity index (χ1) is 10.00. The van der Waals surface area contributed by atoms with Crippen LogP contribution in [0.1, 0.15) is 11.1 Å². The summed E-state index contributed by atoms with van der Waals surface area (Å²) in [4.78, 5) is 0.289. The SMILES string of the molecule is Cc1ccc(S(=O)(=O)N(C)CC#Cc2ccccc2)cc1. The van der Waals surface area contributed by atoms with E-state index in [9.17, 15) is 8.42 Å². The second-order valence-corrected chi connectivity index (χ2v) is 6.79. The molecule has 0 aliphatic heterocycles. The van der Waals surface area contributed by atoms with E-state index in [2.05, 4.69) is 11.8 Å². The molecule has 0 aliphatic carbocycles. The lowest BCUT2D eigenvalue weighted by Gasteiger charge is -2.14. The van der Waals surface area contributed by atoms with Crippen molar-refractivity contribution in [3.63, 3.8) is 0 Å². The van der Waals surface area contributed by atoms with Gasteiger partial charge in [-0.05, 0) is 31.2 Å². The van der Waals surface area contributed by atoms with Crippen LogP contribution in [0.5, 0.6) is 0 Å². The first kappa shape index (κ1) is 15.3. The van der Waals surface area contributed by atoms with Gasteiger partial charge >= 0.3 is 0 Å². The van der Waals surface area contributed by atoms with E-state index in [0.717, 1.165) is 11.1 Å². The van der Waals surface area contributed by atoms with Crippen LogP contribution in [-0.2, 0) is 10.0 Å². The molecule has 2 rings (SSSR count). The van der Waals surface area contributed by atoms with Gasteiger partial charge in [-0.1, -0.05) is 47.7 Å². The molecule has 0 aromatic heterocycles. The fourth-order valence-corrected chi connectivity index (χ4v) is 2.82. The van der Waals surface area contributed by atoms with Crippen molar-refractivity contribution in [2.75, 3.05) is 13.6 Å². The Morgan fingerprint density at radius 1 is 1.00 bits per heavy atom. The molecular formula is C17H17NO2S. The largest absolute Gasteiger partial charge is 0.243 e. The van der Waals surface area contributed by atoms with E-state index >= 15 is 0 Å². The predicted molar refractivity (Wildman–Crippen MR) is 84.3 cm³/mol. The van der Waals surface area contributed by atoms with Crippen molar-refractivity contribution in [2.24, 2.45) is 0 Å². The summed E-state index contributed by atoms with van der Waals surface area (Å²) in [7, 11) is -1.94. The lowest BCUT2D eigenvalue weighted by molar-refractivity contribution is 0.503. The van der Waals surface area contributed by atoms with Crippen molar-refractivity contribution in [3.05, 3.63) is 65.7 Å². The zero-order valence-electron chi connectivity index (χ0n) is 12.1. The smallest absolute Gasteiger partial charge is 0.207 e. The zero-order chi connectivity index (χ0) is 15.3. The molecule has 4 heteroatoms. The van der Waals surface area contributed by atoms with Gasteiger partial charge in [-0.2, -0.15) is 4.31 Å². The van der Waals surface area contributed by atoms with Crippen molar-refractivity contribution in [1.82, 2.24) is 4.31 Å². The summed E-state index contributed by atoms with van der Waals surface area (Å²) in [6, 6.07) is 16.3. The Labute approximate surface area is 126 Å². The van der Waals surface area contributed by atoms with Gasteiger partial charge in [0.1, 0.15) is 0 Å². The molecule has 0 amide bonds. The molecule has 0 spiro atoms. The molecule has 2 aromatic rings. The molecule has 21 heavy (non-hydrogen) atoms. The lowest BCUT2D eigenvalue weighted by atomic mass is 10.2. The Hall–Kier alpha value is -2.09. The average Bonchev–Trinajstić information content (AvgIpc) is 2.48. The van der Waals surface area contributed by atoms with E-state index in [-0.39, 0.29) is 11.4 Å². The molecule has 0 saturated heterocycles. The van der Waals surface area contributed by atoms with Crippen LogP contribution in [-0.4, -0.2) is 26.3 Å². The first-order valence-corrected chi connectivity index (χ1v) is 8.01. The monoisotopic (exact) mass is 299 g/mol. The van der Waals surface area contributed by atoms with E-state index in [1.54, 1.807) is 24.3 Å². The van der Waals surface area contributed by atoms with Gasteiger partial charge in [0, 0.05) is 12.6 Å². The highest BCUT2D eigenvalue weighted by atomic mass is 32.2. The van der Waals surface area contributed by atoms with Crippen LogP contribution < -0.4 is 0 Å². The third-order valence-electron chi connectivity index (χ3n) is 3.04. The van der Waals surface area contributed by atoms with Gasteiger partial charge in [0.2, 0.25) is 10.0 Å². The number of rotatable bonds is 3. The van der Waals surface area contributed by atoms with Gasteiger partial charge in [-0.15, -0.1) is 0 Å². The van der Waals surface area contributed by atoms with E-state index in [1.165, 1.54) is 11.4 Å². The standard InChI is InChI=1S/C17H17NO2S/c1-15-10-12-17(13-11-15)21(19,20)18(2)14-6-9-16-7-4-3-5-8-16/h3-5,7-8,10-13H,14H2,1-2H3. The molecule has 108 valence electrons. The van der Waals surface area contributed by atoms with Crippen molar-refractivity contribution in [2.45, 2.75) is 11.8 Å². The predicted octanol–water partition coefficient (Wildman–Crippen LogP) is 2.67. The minimum atomic E-state index is -3.48. The highest BCUT2D eigenvalue weighted by Gasteiger charge is 2.19. The Morgan fingerprint density at radius 2 is 1.62 bits per heavy atom. The van der Waals surface area contributed by atoms with Crippen LogP contribution >= 0.6 is 0 Å². The number of nitrogens with zero attached hydrogens (tertiary/aromatic N) is 1. The maximum atomic E-state index is 12.3. The summed E-state index contributed by atoms with van der Waals surface area (Å²) in [5.41, 5.74) is 1.90. The summed E-state index contributed by atoms with van der Waals surface area (Å²) < 4.78 is 25.9. The highest BCUT2D eigenvalue weighted by Crippen LogP contribution is 2.14. The Morgan fingerprint density at radius 3 is 2.24 bits per heavy atom. The molecule has 0 aliphatic rings. The summed E-state index contributed by atoms with van der Waals surface area (Å²) in [6.07, 6.45) is 0. The van der Waals surface area contributed by atoms with Crippen LogP contribution in [0.3, 0.4) is 0 Å². The molecule has 0 saturated carbocycles. The van der Waals surface area contributed by atoms with Crippen LogP contribution in [0.2, 0.25) is 0 Å². The third kappa shape index (κ3) is 3.94. The molecule has 0 fully saturated rings. The second-order valence-electron chi connectivity index (χ2n) is 4.74. The van der Waals surface area contributed by atoms with E-state index in [0.29, 0.717) is 0 Å². The molecule has 2 aromatic carbocycles. The number of hydrogen-bond acceptors (Lipinski definition) is 2. The van der Waals surface area contributed by atoms with Gasteiger partial charge in [-0.3, -0.25) is 0 Å².